The summed E-state index contributed by atoms with van der Waals surface area (Å²) < 4.78 is 5.13. The minimum absolute atomic E-state index is 0.0156. The summed E-state index contributed by atoms with van der Waals surface area (Å²) >= 11 is 0. The first-order valence-corrected chi connectivity index (χ1v) is 10.5. The fraction of sp³-hybridized carbons (Fsp3) is 0.208. The topological polar surface area (TPSA) is 108 Å². The summed E-state index contributed by atoms with van der Waals surface area (Å²) in [5.41, 5.74) is 5.11. The number of hydrogen-bond donors (Lipinski definition) is 1. The molecule has 33 heavy (non-hydrogen) atoms. The molecule has 4 aromatic heterocycles. The Morgan fingerprint density at radius 2 is 1.82 bits per heavy atom. The van der Waals surface area contributed by atoms with Gasteiger partial charge < -0.3 is 5.11 Å². The quantitative estimate of drug-likeness (QED) is 0.454. The number of imidazole rings is 1. The molecule has 0 saturated heterocycles. The monoisotopic (exact) mass is 442 g/mol. The van der Waals surface area contributed by atoms with Crippen molar-refractivity contribution in [2.75, 3.05) is 0 Å². The van der Waals surface area contributed by atoms with Gasteiger partial charge in [0.1, 0.15) is 5.69 Å². The van der Waals surface area contributed by atoms with Crippen LogP contribution in [0.5, 0.6) is 0 Å². The van der Waals surface area contributed by atoms with Crippen molar-refractivity contribution >= 4 is 27.9 Å². The molecule has 166 valence electrons. The molecule has 0 aliphatic rings. The van der Waals surface area contributed by atoms with Gasteiger partial charge in [0.2, 0.25) is 0 Å². The number of pyridine rings is 2. The van der Waals surface area contributed by atoms with Gasteiger partial charge in [-0.3, -0.25) is 18.8 Å². The predicted molar refractivity (Wildman–Crippen MR) is 125 cm³/mol. The van der Waals surface area contributed by atoms with Gasteiger partial charge in [-0.05, 0) is 44.5 Å². The molecule has 0 unspecified atom stereocenters. The van der Waals surface area contributed by atoms with Gasteiger partial charge in [0, 0.05) is 36.4 Å². The summed E-state index contributed by atoms with van der Waals surface area (Å²) in [6.45, 7) is 5.97. The molecular formula is C24H22N6O3. The van der Waals surface area contributed by atoms with E-state index in [0.717, 1.165) is 38.9 Å². The molecule has 0 radical (unpaired) electrons. The van der Waals surface area contributed by atoms with Crippen LogP contribution < -0.4 is 5.69 Å². The van der Waals surface area contributed by atoms with Crippen molar-refractivity contribution in [2.24, 2.45) is 7.05 Å². The van der Waals surface area contributed by atoms with E-state index in [1.165, 1.54) is 12.3 Å². The lowest BCUT2D eigenvalue weighted by Crippen LogP contribution is -2.21. The van der Waals surface area contributed by atoms with Gasteiger partial charge >= 0.3 is 11.7 Å². The number of aromatic nitrogens is 6. The SMILES string of the molecule is Cc1nn(C(C)C)cc1-n1c(=O)n(C)c2cnc3ccc(-c4ccc(C(=O)O)nc4)cc3c21. The largest absolute Gasteiger partial charge is 0.477 e. The summed E-state index contributed by atoms with van der Waals surface area (Å²) in [6.07, 6.45) is 5.14. The maximum absolute atomic E-state index is 13.3. The Hall–Kier alpha value is -4.27. The highest BCUT2D eigenvalue weighted by Crippen LogP contribution is 2.30. The Kier molecular flexibility index (Phi) is 4.63. The Bertz CT molecular complexity index is 1610. The summed E-state index contributed by atoms with van der Waals surface area (Å²) in [7, 11) is 1.73. The highest BCUT2D eigenvalue weighted by Gasteiger charge is 2.20. The van der Waals surface area contributed by atoms with E-state index in [-0.39, 0.29) is 17.4 Å². The average Bonchev–Trinajstić information content (AvgIpc) is 3.31. The van der Waals surface area contributed by atoms with Gasteiger partial charge in [0.15, 0.2) is 0 Å². The van der Waals surface area contributed by atoms with Crippen LogP contribution in [0.1, 0.15) is 36.1 Å². The summed E-state index contributed by atoms with van der Waals surface area (Å²) in [5.74, 6) is -1.07. The van der Waals surface area contributed by atoms with Gasteiger partial charge in [-0.1, -0.05) is 12.1 Å². The number of rotatable bonds is 4. The second kappa shape index (κ2) is 7.40. The fourth-order valence-electron chi connectivity index (χ4n) is 4.05. The van der Waals surface area contributed by atoms with Crippen LogP contribution >= 0.6 is 0 Å². The number of nitrogens with zero attached hydrogens (tertiary/aromatic N) is 6. The zero-order valence-corrected chi connectivity index (χ0v) is 18.6. The van der Waals surface area contributed by atoms with Crippen molar-refractivity contribution in [1.82, 2.24) is 28.9 Å². The molecule has 5 rings (SSSR count). The van der Waals surface area contributed by atoms with Crippen LogP contribution in [-0.4, -0.2) is 40.0 Å². The zero-order valence-electron chi connectivity index (χ0n) is 18.6. The van der Waals surface area contributed by atoms with Crippen molar-refractivity contribution in [1.29, 1.82) is 0 Å². The molecule has 5 aromatic rings. The number of aromatic carboxylic acids is 1. The van der Waals surface area contributed by atoms with E-state index in [0.29, 0.717) is 5.52 Å². The van der Waals surface area contributed by atoms with Gasteiger partial charge in [-0.25, -0.2) is 14.6 Å². The number of hydrogen-bond acceptors (Lipinski definition) is 5. The van der Waals surface area contributed by atoms with Crippen LogP contribution in [-0.2, 0) is 7.05 Å². The number of carboxylic acids is 1. The van der Waals surface area contributed by atoms with E-state index in [9.17, 15) is 9.59 Å². The first-order valence-electron chi connectivity index (χ1n) is 10.5. The molecule has 9 heteroatoms. The number of benzene rings is 1. The van der Waals surface area contributed by atoms with Crippen LogP contribution in [0, 0.1) is 6.92 Å². The lowest BCUT2D eigenvalue weighted by Gasteiger charge is -2.08. The van der Waals surface area contributed by atoms with Gasteiger partial charge in [0.05, 0.1) is 34.1 Å². The van der Waals surface area contributed by atoms with Crippen molar-refractivity contribution in [2.45, 2.75) is 26.8 Å². The second-order valence-electron chi connectivity index (χ2n) is 8.31. The van der Waals surface area contributed by atoms with Crippen molar-refractivity contribution < 1.29 is 9.90 Å². The van der Waals surface area contributed by atoms with Crippen LogP contribution in [0.4, 0.5) is 0 Å². The third-order valence-corrected chi connectivity index (χ3v) is 5.86. The molecule has 0 aliphatic carbocycles. The Balaban J connectivity index is 1.80. The molecule has 0 amide bonds. The maximum Gasteiger partial charge on any atom is 0.354 e. The molecule has 1 N–H and O–H groups in total. The lowest BCUT2D eigenvalue weighted by molar-refractivity contribution is 0.0690. The van der Waals surface area contributed by atoms with Crippen molar-refractivity contribution in [3.05, 3.63) is 70.8 Å². The highest BCUT2D eigenvalue weighted by molar-refractivity contribution is 6.04. The molecule has 9 nitrogen and oxygen atoms in total. The van der Waals surface area contributed by atoms with E-state index in [1.54, 1.807) is 28.4 Å². The number of carboxylic acid groups (broad SMARTS) is 1. The Morgan fingerprint density at radius 3 is 2.45 bits per heavy atom. The highest BCUT2D eigenvalue weighted by atomic mass is 16.4. The second-order valence-corrected chi connectivity index (χ2v) is 8.31. The van der Waals surface area contributed by atoms with Gasteiger partial charge in [-0.2, -0.15) is 5.10 Å². The van der Waals surface area contributed by atoms with E-state index in [4.69, 9.17) is 5.11 Å². The molecule has 0 bridgehead atoms. The molecule has 0 aliphatic heterocycles. The van der Waals surface area contributed by atoms with Gasteiger partial charge in [0.25, 0.3) is 0 Å². The minimum Gasteiger partial charge on any atom is -0.477 e. The fourth-order valence-corrected chi connectivity index (χ4v) is 4.05. The van der Waals surface area contributed by atoms with Gasteiger partial charge in [-0.15, -0.1) is 0 Å². The summed E-state index contributed by atoms with van der Waals surface area (Å²) in [6, 6.07) is 9.12. The number of aryl methyl sites for hydroxylation is 2. The molecule has 0 atom stereocenters. The first-order chi connectivity index (χ1) is 15.8. The Labute approximate surface area is 188 Å². The molecule has 4 heterocycles. The molecule has 0 spiro atoms. The maximum atomic E-state index is 13.3. The molecule has 0 fully saturated rings. The molecular weight excluding hydrogens is 420 g/mol. The third kappa shape index (κ3) is 3.20. The Morgan fingerprint density at radius 1 is 1.06 bits per heavy atom. The first kappa shape index (κ1) is 20.6. The predicted octanol–water partition coefficient (Wildman–Crippen LogP) is 3.72. The van der Waals surface area contributed by atoms with Crippen LogP contribution in [0.15, 0.2) is 53.7 Å². The van der Waals surface area contributed by atoms with E-state index in [2.05, 4.69) is 15.1 Å². The lowest BCUT2D eigenvalue weighted by atomic mass is 10.0. The van der Waals surface area contributed by atoms with E-state index < -0.39 is 5.97 Å². The third-order valence-electron chi connectivity index (χ3n) is 5.86. The number of carbonyl (C=O) groups is 1. The summed E-state index contributed by atoms with van der Waals surface area (Å²) in [5, 5.41) is 14.5. The molecule has 0 saturated carbocycles. The summed E-state index contributed by atoms with van der Waals surface area (Å²) in [4.78, 5) is 33.0. The van der Waals surface area contributed by atoms with E-state index >= 15 is 0 Å². The molecule has 1 aromatic carbocycles. The van der Waals surface area contributed by atoms with E-state index in [1.807, 2.05) is 49.8 Å². The van der Waals surface area contributed by atoms with Crippen LogP contribution in [0.25, 0.3) is 38.8 Å². The van der Waals surface area contributed by atoms with Crippen molar-refractivity contribution in [3.8, 4) is 16.8 Å². The van der Waals surface area contributed by atoms with Crippen LogP contribution in [0.3, 0.4) is 0 Å². The smallest absolute Gasteiger partial charge is 0.354 e. The van der Waals surface area contributed by atoms with Crippen molar-refractivity contribution in [3.63, 3.8) is 0 Å². The van der Waals surface area contributed by atoms with Crippen LogP contribution in [0.2, 0.25) is 0 Å². The standard InChI is InChI=1S/C24H22N6O3/c1-13(2)29-12-21(14(3)27-29)30-22-17-9-15(16-6-8-19(23(31)32)25-10-16)5-7-18(17)26-11-20(22)28(4)24(30)33/h5-13H,1-4H3,(H,31,32). The zero-order chi connectivity index (χ0) is 23.4. The number of fused-ring (bicyclic) bond motifs is 3. The average molecular weight is 442 g/mol. The normalized spacial score (nSPS) is 11.7. The minimum atomic E-state index is -1.07.